The molecular weight excluding hydrogens is 310 g/mol. The fourth-order valence-electron chi connectivity index (χ4n) is 2.75. The van der Waals surface area contributed by atoms with Crippen LogP contribution in [0, 0.1) is 13.8 Å². The highest BCUT2D eigenvalue weighted by atomic mass is 35.7. The Morgan fingerprint density at radius 3 is 2.29 bits per heavy atom. The lowest BCUT2D eigenvalue weighted by Gasteiger charge is -2.16. The van der Waals surface area contributed by atoms with Crippen molar-refractivity contribution in [1.29, 1.82) is 0 Å². The van der Waals surface area contributed by atoms with E-state index in [0.29, 0.717) is 6.61 Å². The molecule has 0 aliphatic carbocycles. The Balaban J connectivity index is 1.93. The van der Waals surface area contributed by atoms with E-state index in [1.807, 2.05) is 13.8 Å². The largest absolute Gasteiger partial charge is 0.493 e. The average molecular weight is 332 g/mol. The minimum absolute atomic E-state index is 0.128. The van der Waals surface area contributed by atoms with Gasteiger partial charge in [-0.15, -0.1) is 0 Å². The summed E-state index contributed by atoms with van der Waals surface area (Å²) in [6, 6.07) is 3.12. The van der Waals surface area contributed by atoms with Gasteiger partial charge in [0.2, 0.25) is 0 Å². The molecule has 1 aliphatic rings. The van der Waals surface area contributed by atoms with E-state index in [1.165, 1.54) is 25.9 Å². The molecule has 1 fully saturated rings. The lowest BCUT2D eigenvalue weighted by Crippen LogP contribution is -2.22. The molecule has 1 aromatic rings. The summed E-state index contributed by atoms with van der Waals surface area (Å²) in [6.07, 6.45) is 3.58. The van der Waals surface area contributed by atoms with Gasteiger partial charge in [0, 0.05) is 17.2 Å². The zero-order valence-corrected chi connectivity index (χ0v) is 14.1. The lowest BCUT2D eigenvalue weighted by molar-refractivity contribution is 0.261. The van der Waals surface area contributed by atoms with E-state index in [4.69, 9.17) is 15.4 Å². The number of benzene rings is 1. The Labute approximate surface area is 131 Å². The van der Waals surface area contributed by atoms with Crippen LogP contribution in [0.5, 0.6) is 5.75 Å². The second-order valence-electron chi connectivity index (χ2n) is 5.57. The van der Waals surface area contributed by atoms with Crippen LogP contribution in [-0.2, 0) is 9.05 Å². The summed E-state index contributed by atoms with van der Waals surface area (Å²) in [5.41, 5.74) is 1.60. The molecule has 1 heterocycles. The molecule has 0 N–H and O–H groups in total. The van der Waals surface area contributed by atoms with Crippen LogP contribution in [-0.4, -0.2) is 39.6 Å². The fourth-order valence-corrected chi connectivity index (χ4v) is 3.65. The van der Waals surface area contributed by atoms with Crippen LogP contribution >= 0.6 is 10.7 Å². The topological polar surface area (TPSA) is 46.6 Å². The zero-order valence-electron chi connectivity index (χ0n) is 12.6. The molecule has 0 amide bonds. The zero-order chi connectivity index (χ0) is 15.5. The van der Waals surface area contributed by atoms with E-state index in [9.17, 15) is 8.42 Å². The highest BCUT2D eigenvalue weighted by Gasteiger charge is 2.15. The number of halogens is 1. The Morgan fingerprint density at radius 2 is 1.76 bits per heavy atom. The highest BCUT2D eigenvalue weighted by Crippen LogP contribution is 2.28. The molecule has 6 heteroatoms. The molecule has 118 valence electrons. The third-order valence-electron chi connectivity index (χ3n) is 3.78. The van der Waals surface area contributed by atoms with Crippen LogP contribution in [0.25, 0.3) is 0 Å². The molecule has 0 aromatic heterocycles. The minimum Gasteiger partial charge on any atom is -0.493 e. The molecule has 0 bridgehead atoms. The Kier molecular flexibility index (Phi) is 5.52. The van der Waals surface area contributed by atoms with Gasteiger partial charge in [0.25, 0.3) is 9.05 Å². The summed E-state index contributed by atoms with van der Waals surface area (Å²) in [6.45, 7) is 7.78. The van der Waals surface area contributed by atoms with Crippen molar-refractivity contribution < 1.29 is 13.2 Å². The van der Waals surface area contributed by atoms with E-state index in [1.54, 1.807) is 12.1 Å². The van der Waals surface area contributed by atoms with Gasteiger partial charge in [0.15, 0.2) is 0 Å². The first-order chi connectivity index (χ1) is 9.88. The summed E-state index contributed by atoms with van der Waals surface area (Å²) in [4.78, 5) is 2.58. The van der Waals surface area contributed by atoms with Gasteiger partial charge in [-0.1, -0.05) is 0 Å². The first-order valence-corrected chi connectivity index (χ1v) is 9.60. The first-order valence-electron chi connectivity index (χ1n) is 7.29. The van der Waals surface area contributed by atoms with Crippen LogP contribution in [0.3, 0.4) is 0 Å². The molecule has 2 rings (SSSR count). The van der Waals surface area contributed by atoms with Crippen LogP contribution in [0.1, 0.15) is 30.4 Å². The number of likely N-dealkylation sites (tertiary alicyclic amines) is 1. The first kappa shape index (κ1) is 16.6. The van der Waals surface area contributed by atoms with Crippen LogP contribution in [0.2, 0.25) is 0 Å². The predicted molar refractivity (Wildman–Crippen MR) is 84.7 cm³/mol. The second kappa shape index (κ2) is 6.99. The average Bonchev–Trinajstić information content (AvgIpc) is 2.88. The van der Waals surface area contributed by atoms with Gasteiger partial charge in [-0.25, -0.2) is 8.42 Å². The quantitative estimate of drug-likeness (QED) is 0.593. The number of rotatable bonds is 6. The van der Waals surface area contributed by atoms with E-state index < -0.39 is 9.05 Å². The Hall–Kier alpha value is -0.780. The molecule has 21 heavy (non-hydrogen) atoms. The number of nitrogens with zero attached hydrogens (tertiary/aromatic N) is 1. The maximum absolute atomic E-state index is 11.4. The number of hydrogen-bond acceptors (Lipinski definition) is 4. The maximum Gasteiger partial charge on any atom is 0.261 e. The maximum atomic E-state index is 11.4. The van der Waals surface area contributed by atoms with Crippen molar-refractivity contribution in [3.63, 3.8) is 0 Å². The van der Waals surface area contributed by atoms with Gasteiger partial charge >= 0.3 is 0 Å². The van der Waals surface area contributed by atoms with E-state index in [-0.39, 0.29) is 4.90 Å². The van der Waals surface area contributed by atoms with Gasteiger partial charge in [-0.2, -0.15) is 0 Å². The molecule has 0 spiro atoms. The molecule has 0 unspecified atom stereocenters. The third kappa shape index (κ3) is 4.59. The van der Waals surface area contributed by atoms with E-state index in [0.717, 1.165) is 29.8 Å². The standard InChI is InChI=1S/C15H22ClNO3S/c1-12-10-14(21(16,18)19)11-13(2)15(12)20-9-5-8-17-6-3-4-7-17/h10-11H,3-9H2,1-2H3. The van der Waals surface area contributed by atoms with Gasteiger partial charge in [-0.3, -0.25) is 0 Å². The number of aryl methyl sites for hydroxylation is 2. The number of ether oxygens (including phenoxy) is 1. The third-order valence-corrected chi connectivity index (χ3v) is 5.11. The van der Waals surface area contributed by atoms with Crippen molar-refractivity contribution in [2.45, 2.75) is 38.0 Å². The van der Waals surface area contributed by atoms with Crippen LogP contribution < -0.4 is 4.74 Å². The minimum atomic E-state index is -3.69. The smallest absolute Gasteiger partial charge is 0.261 e. The molecule has 1 saturated heterocycles. The van der Waals surface area contributed by atoms with Crippen molar-refractivity contribution in [3.8, 4) is 5.75 Å². The Morgan fingerprint density at radius 1 is 1.19 bits per heavy atom. The molecule has 1 aromatic carbocycles. The molecule has 0 saturated carbocycles. The van der Waals surface area contributed by atoms with Gasteiger partial charge in [0.1, 0.15) is 5.75 Å². The summed E-state index contributed by atoms with van der Waals surface area (Å²) < 4.78 is 28.6. The highest BCUT2D eigenvalue weighted by molar-refractivity contribution is 8.13. The summed E-state index contributed by atoms with van der Waals surface area (Å²) in [7, 11) is 1.69. The van der Waals surface area contributed by atoms with Crippen molar-refractivity contribution in [3.05, 3.63) is 23.3 Å². The summed E-state index contributed by atoms with van der Waals surface area (Å²) in [5.74, 6) is 0.764. The molecule has 1 aliphatic heterocycles. The number of hydrogen-bond donors (Lipinski definition) is 0. The van der Waals surface area contributed by atoms with Gasteiger partial charge < -0.3 is 9.64 Å². The molecule has 0 atom stereocenters. The monoisotopic (exact) mass is 331 g/mol. The fraction of sp³-hybridized carbons (Fsp3) is 0.600. The van der Waals surface area contributed by atoms with Crippen molar-refractivity contribution in [1.82, 2.24) is 4.90 Å². The second-order valence-corrected chi connectivity index (χ2v) is 8.14. The van der Waals surface area contributed by atoms with E-state index in [2.05, 4.69) is 4.90 Å². The van der Waals surface area contributed by atoms with Crippen molar-refractivity contribution in [2.24, 2.45) is 0 Å². The SMILES string of the molecule is Cc1cc(S(=O)(=O)Cl)cc(C)c1OCCCN1CCCC1. The van der Waals surface area contributed by atoms with Crippen molar-refractivity contribution in [2.75, 3.05) is 26.2 Å². The van der Waals surface area contributed by atoms with Crippen LogP contribution in [0.4, 0.5) is 0 Å². The van der Waals surface area contributed by atoms with Crippen molar-refractivity contribution >= 4 is 19.7 Å². The molecule has 0 radical (unpaired) electrons. The predicted octanol–water partition coefficient (Wildman–Crippen LogP) is 3.10. The molecular formula is C15H22ClNO3S. The lowest BCUT2D eigenvalue weighted by atomic mass is 10.1. The van der Waals surface area contributed by atoms with Crippen LogP contribution in [0.15, 0.2) is 17.0 Å². The Bertz CT molecular complexity index is 572. The normalized spacial score (nSPS) is 16.3. The summed E-state index contributed by atoms with van der Waals surface area (Å²) >= 11 is 0. The molecule has 4 nitrogen and oxygen atoms in total. The van der Waals surface area contributed by atoms with Gasteiger partial charge in [-0.05, 0) is 69.5 Å². The summed E-state index contributed by atoms with van der Waals surface area (Å²) in [5, 5.41) is 0. The van der Waals surface area contributed by atoms with Gasteiger partial charge in [0.05, 0.1) is 11.5 Å². The van der Waals surface area contributed by atoms with E-state index >= 15 is 0 Å².